The van der Waals surface area contributed by atoms with Gasteiger partial charge in [-0.05, 0) is 69.4 Å². The maximum absolute atomic E-state index is 14.9. The number of allylic oxidation sites excluding steroid dienone is 1. The smallest absolute Gasteiger partial charge is 0.318 e. The summed E-state index contributed by atoms with van der Waals surface area (Å²) in [5.74, 6) is -2.06. The van der Waals surface area contributed by atoms with E-state index in [0.717, 1.165) is 55.0 Å². The summed E-state index contributed by atoms with van der Waals surface area (Å²) in [7, 11) is -3.89. The molecule has 5 amide bonds. The second kappa shape index (κ2) is 15.2. The average molecular weight is 775 g/mol. The number of sulfonamides is 1. The number of nitrogens with zero attached hydrogens (tertiary/aromatic N) is 3. The van der Waals surface area contributed by atoms with Crippen molar-refractivity contribution < 1.29 is 37.1 Å². The molecule has 3 aliphatic heterocycles. The molecule has 4 bridgehead atoms. The van der Waals surface area contributed by atoms with Crippen LogP contribution in [0.5, 0.6) is 5.88 Å². The number of amides is 5. The molecule has 0 spiro atoms. The first kappa shape index (κ1) is 37.4. The summed E-state index contributed by atoms with van der Waals surface area (Å²) in [6.45, 7) is 5.34. The Morgan fingerprint density at radius 2 is 1.84 bits per heavy atom. The molecule has 55 heavy (non-hydrogen) atoms. The Morgan fingerprint density at radius 1 is 1.04 bits per heavy atom. The minimum Gasteiger partial charge on any atom is -0.472 e. The third-order valence-corrected chi connectivity index (χ3v) is 13.9. The van der Waals surface area contributed by atoms with Crippen LogP contribution in [0, 0.1) is 11.8 Å². The zero-order valence-electron chi connectivity index (χ0n) is 31.0. The van der Waals surface area contributed by atoms with E-state index in [-0.39, 0.29) is 37.4 Å². The zero-order chi connectivity index (χ0) is 38.3. The minimum atomic E-state index is -3.89. The van der Waals surface area contributed by atoms with Gasteiger partial charge in [0.05, 0.1) is 23.4 Å². The van der Waals surface area contributed by atoms with Crippen LogP contribution in [-0.2, 0) is 29.1 Å². The molecule has 6 atom stereocenters. The Balaban J connectivity index is 1.12. The van der Waals surface area contributed by atoms with E-state index in [1.165, 1.54) is 11.0 Å². The van der Waals surface area contributed by atoms with Gasteiger partial charge in [-0.25, -0.2) is 18.2 Å². The molecule has 14 nitrogen and oxygen atoms in total. The number of ether oxygens (including phenoxy) is 2. The Labute approximate surface area is 321 Å². The quantitative estimate of drug-likeness (QED) is 0.356. The first-order chi connectivity index (χ1) is 26.5. The summed E-state index contributed by atoms with van der Waals surface area (Å²) in [6, 6.07) is 7.43. The molecule has 2 aromatic rings. The fourth-order valence-electron chi connectivity index (χ4n) is 8.67. The lowest BCUT2D eigenvalue weighted by Crippen LogP contribution is -2.59. The number of urea groups is 1. The van der Waals surface area contributed by atoms with Gasteiger partial charge in [-0.3, -0.25) is 19.1 Å². The van der Waals surface area contributed by atoms with Crippen molar-refractivity contribution in [3.05, 3.63) is 54.6 Å². The largest absolute Gasteiger partial charge is 0.472 e. The van der Waals surface area contributed by atoms with E-state index in [1.807, 2.05) is 36.4 Å². The van der Waals surface area contributed by atoms with E-state index in [0.29, 0.717) is 44.8 Å². The lowest BCUT2D eigenvalue weighted by Gasteiger charge is -2.33. The molecule has 0 radical (unpaired) electrons. The Hall–Kier alpha value is -4.50. The molecule has 4 heterocycles. The summed E-state index contributed by atoms with van der Waals surface area (Å²) in [5.41, 5.74) is -0.0377. The highest BCUT2D eigenvalue weighted by Gasteiger charge is 2.62. The van der Waals surface area contributed by atoms with Crippen molar-refractivity contribution in [3.8, 4) is 5.88 Å². The lowest BCUT2D eigenvalue weighted by atomic mass is 9.96. The second-order valence-corrected chi connectivity index (χ2v) is 17.9. The fourth-order valence-corrected chi connectivity index (χ4v) is 10.0. The van der Waals surface area contributed by atoms with Crippen molar-refractivity contribution in [2.45, 2.75) is 106 Å². The number of carbonyl (C=O) groups excluding carboxylic acids is 4. The Bertz CT molecular complexity index is 2000. The van der Waals surface area contributed by atoms with E-state index in [2.05, 4.69) is 28.0 Å². The maximum atomic E-state index is 14.9. The maximum Gasteiger partial charge on any atom is 0.318 e. The summed E-state index contributed by atoms with van der Waals surface area (Å²) in [6.07, 6.45) is 11.6. The number of hydrogen-bond acceptors (Lipinski definition) is 9. The predicted molar refractivity (Wildman–Crippen MR) is 204 cm³/mol. The van der Waals surface area contributed by atoms with Crippen LogP contribution < -0.4 is 20.1 Å². The molecule has 5 fully saturated rings. The van der Waals surface area contributed by atoms with Gasteiger partial charge in [-0.2, -0.15) is 0 Å². The van der Waals surface area contributed by atoms with Crippen LogP contribution in [-0.4, -0.2) is 108 Å². The number of hydrogen-bond donors (Lipinski definition) is 3. The molecule has 3 saturated carbocycles. The van der Waals surface area contributed by atoms with Crippen LogP contribution in [0.2, 0.25) is 0 Å². The molecule has 1 aromatic carbocycles. The molecule has 15 heteroatoms. The number of para-hydroxylation sites is 1. The van der Waals surface area contributed by atoms with E-state index >= 15 is 0 Å². The summed E-state index contributed by atoms with van der Waals surface area (Å²) >= 11 is 0. The third-order valence-electron chi connectivity index (χ3n) is 12.1. The lowest BCUT2D eigenvalue weighted by molar-refractivity contribution is -0.142. The Kier molecular flexibility index (Phi) is 10.3. The number of benzene rings is 1. The van der Waals surface area contributed by atoms with Crippen LogP contribution in [0.1, 0.15) is 76.2 Å². The van der Waals surface area contributed by atoms with Crippen LogP contribution in [0.15, 0.2) is 49.1 Å². The van der Waals surface area contributed by atoms with Gasteiger partial charge in [0.15, 0.2) is 0 Å². The predicted octanol–water partition coefficient (Wildman–Crippen LogP) is 3.42. The standard InChI is InChI=1S/C40H50N6O8S/c1-2-28-22-40(28,38(49)44-55(51,52)31-15-16-31)43-35(47)33-21-30-24-46(33)37(48)34(25-10-5-6-11-25)42-39(50)45-18-17-29(23-45)53-19-9-3-4-13-27-20-26-12-7-8-14-32(26)41-36(27)54-30/h2,4,7-8,12-14,20,25,28-31,33-34H,1,3,5-6,9-11,15-19,21-24H2,(H,42,50)(H,43,47)(H,44,49)/b13-4+/t28?,29-,30+,33-,34-,40+/m0/s1. The van der Waals surface area contributed by atoms with Crippen molar-refractivity contribution in [3.63, 3.8) is 0 Å². The normalized spacial score (nSPS) is 31.0. The van der Waals surface area contributed by atoms with Crippen molar-refractivity contribution >= 4 is 50.8 Å². The van der Waals surface area contributed by atoms with E-state index < -0.39 is 62.6 Å². The number of pyridine rings is 1. The van der Waals surface area contributed by atoms with Gasteiger partial charge in [-0.1, -0.05) is 49.3 Å². The van der Waals surface area contributed by atoms with Gasteiger partial charge in [0.2, 0.25) is 27.7 Å². The van der Waals surface area contributed by atoms with Crippen LogP contribution in [0.3, 0.4) is 0 Å². The van der Waals surface area contributed by atoms with E-state index in [1.54, 1.807) is 4.90 Å². The molecule has 3 N–H and O–H groups in total. The number of fused-ring (bicyclic) bond motifs is 6. The van der Waals surface area contributed by atoms with Gasteiger partial charge in [-0.15, -0.1) is 6.58 Å². The Morgan fingerprint density at radius 3 is 2.60 bits per heavy atom. The number of rotatable bonds is 7. The van der Waals surface area contributed by atoms with Crippen molar-refractivity contribution in [1.29, 1.82) is 0 Å². The van der Waals surface area contributed by atoms with E-state index in [4.69, 9.17) is 14.5 Å². The molecule has 1 aromatic heterocycles. The van der Waals surface area contributed by atoms with Gasteiger partial charge < -0.3 is 29.9 Å². The fraction of sp³-hybridized carbons (Fsp3) is 0.575. The monoisotopic (exact) mass is 774 g/mol. The molecular formula is C40H50N6O8S. The highest BCUT2D eigenvalue weighted by atomic mass is 32.2. The van der Waals surface area contributed by atoms with Crippen LogP contribution in [0.25, 0.3) is 17.0 Å². The summed E-state index contributed by atoms with van der Waals surface area (Å²) < 4.78 is 40.5. The van der Waals surface area contributed by atoms with Gasteiger partial charge in [0.1, 0.15) is 23.7 Å². The molecule has 294 valence electrons. The molecular weight excluding hydrogens is 725 g/mol. The molecule has 2 saturated heterocycles. The van der Waals surface area contributed by atoms with Gasteiger partial charge in [0.25, 0.3) is 5.91 Å². The zero-order valence-corrected chi connectivity index (χ0v) is 31.8. The topological polar surface area (TPSA) is 176 Å². The van der Waals surface area contributed by atoms with Crippen LogP contribution >= 0.6 is 0 Å². The molecule has 3 aliphatic carbocycles. The number of carbonyl (C=O) groups is 4. The number of nitrogens with one attached hydrogen (secondary N) is 3. The van der Waals surface area contributed by atoms with Crippen molar-refractivity contribution in [2.75, 3.05) is 26.2 Å². The van der Waals surface area contributed by atoms with Gasteiger partial charge >= 0.3 is 6.03 Å². The molecule has 1 unspecified atom stereocenters. The van der Waals surface area contributed by atoms with Crippen molar-refractivity contribution in [1.82, 2.24) is 30.1 Å². The second-order valence-electron chi connectivity index (χ2n) is 16.0. The minimum absolute atomic E-state index is 0.0352. The third kappa shape index (κ3) is 7.82. The highest BCUT2D eigenvalue weighted by molar-refractivity contribution is 7.91. The summed E-state index contributed by atoms with van der Waals surface area (Å²) in [5, 5.41) is 6.24. The summed E-state index contributed by atoms with van der Waals surface area (Å²) in [4.78, 5) is 64.7. The van der Waals surface area contributed by atoms with Crippen LogP contribution in [0.4, 0.5) is 4.79 Å². The molecule has 8 rings (SSSR count). The highest BCUT2D eigenvalue weighted by Crippen LogP contribution is 2.45. The SMILES string of the molecule is C=CC1C[C@]1(NC(=O)[C@@H]1C[C@@H]2CN1C(=O)[C@H](C1CCCC1)NC(=O)N1CC[C@@H](C1)OCCC/C=C/c1cc3ccccc3nc1O2)C(=O)NS(=O)(=O)C1CC1. The average Bonchev–Trinajstić information content (AvgIpc) is 3.94. The molecule has 6 aliphatic rings. The number of aromatic nitrogens is 1. The van der Waals surface area contributed by atoms with Crippen molar-refractivity contribution in [2.24, 2.45) is 11.8 Å². The van der Waals surface area contributed by atoms with E-state index in [9.17, 15) is 27.6 Å². The first-order valence-electron chi connectivity index (χ1n) is 19.8. The first-order valence-corrected chi connectivity index (χ1v) is 21.3. The van der Waals surface area contributed by atoms with Gasteiger partial charge in [0, 0.05) is 43.0 Å².